The summed E-state index contributed by atoms with van der Waals surface area (Å²) < 4.78 is 11.8. The van der Waals surface area contributed by atoms with Gasteiger partial charge in [-0.05, 0) is 25.1 Å². The van der Waals surface area contributed by atoms with Gasteiger partial charge in [0.1, 0.15) is 17.1 Å². The summed E-state index contributed by atoms with van der Waals surface area (Å²) >= 11 is 0. The molecule has 30 heavy (non-hydrogen) atoms. The molecular weight excluding hydrogens is 404 g/mol. The van der Waals surface area contributed by atoms with Crippen LogP contribution in [-0.2, 0) is 0 Å². The van der Waals surface area contributed by atoms with E-state index in [9.17, 15) is 4.79 Å². The normalized spacial score (nSPS) is 14.5. The average molecular weight is 431 g/mol. The van der Waals surface area contributed by atoms with Gasteiger partial charge < -0.3 is 31.6 Å². The van der Waals surface area contributed by atoms with Gasteiger partial charge in [-0.15, -0.1) is 0 Å². The number of aliphatic hydroxyl groups is 1. The number of fused-ring (bicyclic) bond motifs is 1. The average Bonchev–Trinajstić information content (AvgIpc) is 3.14. The van der Waals surface area contributed by atoms with Crippen LogP contribution in [0.15, 0.2) is 52.9 Å². The Kier molecular flexibility index (Phi) is 7.37. The third-order valence-corrected chi connectivity index (χ3v) is 5.30. The number of rotatable bonds is 6. The van der Waals surface area contributed by atoms with Crippen LogP contribution in [-0.4, -0.2) is 66.8 Å². The third-order valence-electron chi connectivity index (χ3n) is 5.30. The Morgan fingerprint density at radius 2 is 1.87 bits per heavy atom. The third kappa shape index (κ3) is 4.46. The molecule has 0 spiro atoms. The summed E-state index contributed by atoms with van der Waals surface area (Å²) in [5.74, 6) is 1.29. The number of carbonyl (C=O) groups is 1. The molecule has 0 bridgehead atoms. The van der Waals surface area contributed by atoms with Gasteiger partial charge in [-0.2, -0.15) is 0 Å². The first-order chi connectivity index (χ1) is 14.2. The summed E-state index contributed by atoms with van der Waals surface area (Å²) in [4.78, 5) is 17.6. The molecule has 1 aromatic heterocycles. The largest absolute Gasteiger partial charge is 1.00 e. The fourth-order valence-electron chi connectivity index (χ4n) is 3.81. The van der Waals surface area contributed by atoms with E-state index in [0.717, 1.165) is 29.8 Å². The molecule has 0 unspecified atom stereocenters. The lowest BCUT2D eigenvalue weighted by molar-refractivity contribution is -0.0000198. The molecule has 0 aliphatic carbocycles. The van der Waals surface area contributed by atoms with E-state index in [4.69, 9.17) is 14.3 Å². The molecule has 0 atom stereocenters. The van der Waals surface area contributed by atoms with E-state index in [1.165, 1.54) is 0 Å². The molecule has 4 rings (SSSR count). The molecule has 1 N–H and O–H groups in total. The van der Waals surface area contributed by atoms with Crippen molar-refractivity contribution in [1.82, 2.24) is 9.80 Å². The standard InChI is InChI=1S/C23H26N2O4.ClH/c1-2-28-18-8-9-20-19(16-18)21(22(29-20)17-6-4-3-5-7-17)23(27)25-12-10-24(11-13-25)14-15-26;/h3-9,16,26H,2,10-15H2,1H3;1H. The van der Waals surface area contributed by atoms with Crippen molar-refractivity contribution in [2.75, 3.05) is 45.9 Å². The number of hydrogen-bond donors (Lipinski definition) is 1. The van der Waals surface area contributed by atoms with Gasteiger partial charge in [0.05, 0.1) is 18.8 Å². The van der Waals surface area contributed by atoms with Gasteiger partial charge >= 0.3 is 1.43 Å². The second kappa shape index (κ2) is 9.98. The first-order valence-electron chi connectivity index (χ1n) is 10.1. The van der Waals surface area contributed by atoms with Crippen molar-refractivity contribution < 1.29 is 32.9 Å². The van der Waals surface area contributed by atoms with E-state index in [2.05, 4.69) is 4.90 Å². The number of carbonyl (C=O) groups excluding carboxylic acids is 1. The molecule has 6 nitrogen and oxygen atoms in total. The van der Waals surface area contributed by atoms with Crippen LogP contribution in [0.5, 0.6) is 5.75 Å². The van der Waals surface area contributed by atoms with Crippen molar-refractivity contribution in [3.8, 4) is 17.1 Å². The Balaban J connectivity index is 0.00000171. The summed E-state index contributed by atoms with van der Waals surface area (Å²) in [6.07, 6.45) is 0. The number of furan rings is 1. The Morgan fingerprint density at radius 3 is 2.53 bits per heavy atom. The molecule has 1 saturated heterocycles. The van der Waals surface area contributed by atoms with Gasteiger partial charge in [-0.1, -0.05) is 30.3 Å². The number of β-amino-alcohol motifs (C(OH)–C–C–N with tert-alkyl or cyclic N) is 1. The van der Waals surface area contributed by atoms with Crippen molar-refractivity contribution in [3.63, 3.8) is 0 Å². The van der Waals surface area contributed by atoms with Crippen LogP contribution in [0.25, 0.3) is 22.3 Å². The highest BCUT2D eigenvalue weighted by Gasteiger charge is 2.28. The lowest BCUT2D eigenvalue weighted by Gasteiger charge is -2.34. The molecule has 2 aromatic carbocycles. The van der Waals surface area contributed by atoms with Crippen molar-refractivity contribution in [3.05, 3.63) is 54.1 Å². The zero-order valence-corrected chi connectivity index (χ0v) is 17.8. The number of nitrogens with zero attached hydrogens (tertiary/aromatic N) is 2. The SMILES string of the molecule is CCOc1ccc2oc(-c3ccccc3)c(C(=O)N3CCN(CCO)CC3)c2c1.[Cl-].[H+]. The number of halogens is 1. The van der Waals surface area contributed by atoms with Gasteiger partial charge in [-0.25, -0.2) is 0 Å². The molecule has 1 amide bonds. The maximum atomic E-state index is 13.6. The summed E-state index contributed by atoms with van der Waals surface area (Å²) in [7, 11) is 0. The summed E-state index contributed by atoms with van der Waals surface area (Å²) in [5.41, 5.74) is 2.14. The van der Waals surface area contributed by atoms with Crippen LogP contribution in [0, 0.1) is 0 Å². The number of aliphatic hydroxyl groups excluding tert-OH is 1. The first kappa shape index (κ1) is 22.2. The van der Waals surface area contributed by atoms with Crippen molar-refractivity contribution in [2.45, 2.75) is 6.92 Å². The summed E-state index contributed by atoms with van der Waals surface area (Å²) in [6, 6.07) is 15.4. The van der Waals surface area contributed by atoms with Crippen LogP contribution >= 0.6 is 0 Å². The van der Waals surface area contributed by atoms with Gasteiger partial charge in [0, 0.05) is 43.7 Å². The van der Waals surface area contributed by atoms with Crippen LogP contribution in [0.3, 0.4) is 0 Å². The van der Waals surface area contributed by atoms with E-state index in [1.807, 2.05) is 60.4 Å². The number of hydrogen-bond acceptors (Lipinski definition) is 5. The predicted octanol–water partition coefficient (Wildman–Crippen LogP) is 0.365. The van der Waals surface area contributed by atoms with Crippen molar-refractivity contribution in [1.29, 1.82) is 0 Å². The smallest absolute Gasteiger partial charge is 1.00 e. The molecule has 7 heteroatoms. The fourth-order valence-corrected chi connectivity index (χ4v) is 3.81. The van der Waals surface area contributed by atoms with Crippen molar-refractivity contribution in [2.24, 2.45) is 0 Å². The molecule has 3 aromatic rings. The maximum absolute atomic E-state index is 13.6. The van der Waals surface area contributed by atoms with Gasteiger partial charge in [-0.3, -0.25) is 9.69 Å². The number of piperazine rings is 1. The summed E-state index contributed by atoms with van der Waals surface area (Å²) in [5, 5.41) is 9.92. The molecule has 0 saturated carbocycles. The number of ether oxygens (including phenoxy) is 1. The molecule has 1 aliphatic heterocycles. The van der Waals surface area contributed by atoms with E-state index >= 15 is 0 Å². The van der Waals surface area contributed by atoms with Crippen molar-refractivity contribution >= 4 is 16.9 Å². The van der Waals surface area contributed by atoms with E-state index < -0.39 is 0 Å². The van der Waals surface area contributed by atoms with Crippen LogP contribution in [0.4, 0.5) is 0 Å². The highest BCUT2D eigenvalue weighted by Crippen LogP contribution is 2.36. The molecule has 2 heterocycles. The number of amides is 1. The maximum Gasteiger partial charge on any atom is 1.00 e. The molecule has 0 radical (unpaired) electrons. The van der Waals surface area contributed by atoms with E-state index in [0.29, 0.717) is 43.1 Å². The lowest BCUT2D eigenvalue weighted by atomic mass is 10.0. The summed E-state index contributed by atoms with van der Waals surface area (Å²) in [6.45, 7) is 6.05. The van der Waals surface area contributed by atoms with E-state index in [1.54, 1.807) is 0 Å². The first-order valence-corrected chi connectivity index (χ1v) is 10.1. The molecule has 160 valence electrons. The minimum absolute atomic E-state index is 0. The van der Waals surface area contributed by atoms with Crippen LogP contribution in [0.1, 0.15) is 18.7 Å². The molecular formula is C23H27ClN2O4. The van der Waals surface area contributed by atoms with E-state index in [-0.39, 0.29) is 26.3 Å². The fraction of sp³-hybridized carbons (Fsp3) is 0.348. The second-order valence-corrected chi connectivity index (χ2v) is 7.12. The lowest BCUT2D eigenvalue weighted by Crippen LogP contribution is -3.00. The molecule has 1 aliphatic rings. The predicted molar refractivity (Wildman–Crippen MR) is 113 cm³/mol. The Morgan fingerprint density at radius 1 is 1.13 bits per heavy atom. The Bertz CT molecular complexity index is 988. The van der Waals surface area contributed by atoms with Crippen LogP contribution in [0.2, 0.25) is 0 Å². The molecule has 1 fully saturated rings. The van der Waals surface area contributed by atoms with Gasteiger partial charge in [0.25, 0.3) is 5.91 Å². The van der Waals surface area contributed by atoms with Gasteiger partial charge in [0.15, 0.2) is 0 Å². The minimum Gasteiger partial charge on any atom is -1.00 e. The van der Waals surface area contributed by atoms with Crippen LogP contribution < -0.4 is 17.1 Å². The zero-order chi connectivity index (χ0) is 20.2. The minimum atomic E-state index is -0.0279. The Labute approximate surface area is 183 Å². The Hall–Kier alpha value is -2.54. The second-order valence-electron chi connectivity index (χ2n) is 7.12. The topological polar surface area (TPSA) is 66.2 Å². The monoisotopic (exact) mass is 430 g/mol. The number of benzene rings is 2. The quantitative estimate of drug-likeness (QED) is 0.612. The highest BCUT2D eigenvalue weighted by molar-refractivity contribution is 6.11. The highest BCUT2D eigenvalue weighted by atomic mass is 35.5. The van der Waals surface area contributed by atoms with Gasteiger partial charge in [0.2, 0.25) is 0 Å². The zero-order valence-electron chi connectivity index (χ0n) is 18.0.